The molecule has 2 aliphatic rings. The zero-order valence-electron chi connectivity index (χ0n) is 52.8. The average Bonchev–Trinajstić information content (AvgIpc) is 4.14. The van der Waals surface area contributed by atoms with Gasteiger partial charge in [-0.1, -0.05) is 217 Å². The van der Waals surface area contributed by atoms with E-state index >= 15 is 0 Å². The molecule has 0 unspecified atom stereocenters. The fraction of sp³-hybridized carbons (Fsp3) is 0.0204. The number of hydrogen-bond acceptors (Lipinski definition) is 2. The zero-order valence-corrected chi connectivity index (χ0v) is 30.3. The van der Waals surface area contributed by atoms with Crippen LogP contribution in [0.5, 0.6) is 0 Å². The summed E-state index contributed by atoms with van der Waals surface area (Å²) >= 11 is 13.1. The molecule has 53 heavy (non-hydrogen) atoms. The summed E-state index contributed by atoms with van der Waals surface area (Å²) in [6.07, 6.45) is 0. The highest BCUT2D eigenvalue weighted by Crippen LogP contribution is 2.63. The molecule has 8 aromatic rings. The maximum atomic E-state index is 10.7. The van der Waals surface area contributed by atoms with Crippen molar-refractivity contribution >= 4 is 67.5 Å². The third kappa shape index (κ3) is 4.67. The number of fused-ring (bicyclic) bond motifs is 10. The first-order valence-corrected chi connectivity index (χ1v) is 21.5. The van der Waals surface area contributed by atoms with Gasteiger partial charge in [-0.3, -0.25) is 0 Å². The Kier molecular flexibility index (Phi) is 3.66. The van der Waals surface area contributed by atoms with Crippen LogP contribution in [0.25, 0.3) is 22.3 Å². The van der Waals surface area contributed by atoms with E-state index < -0.39 is 218 Å². The summed E-state index contributed by atoms with van der Waals surface area (Å²) in [4.78, 5) is 0. The van der Waals surface area contributed by atoms with E-state index in [0.717, 1.165) is 0 Å². The predicted octanol–water partition coefficient (Wildman–Crippen LogP) is 9.54. The van der Waals surface area contributed by atoms with Crippen molar-refractivity contribution in [3.8, 4) is 22.3 Å². The Balaban J connectivity index is 1.50. The maximum Gasteiger partial charge on any atom is 0.0726 e. The van der Waals surface area contributed by atoms with Crippen molar-refractivity contribution in [2.75, 3.05) is 0 Å². The predicted molar refractivity (Wildman–Crippen MR) is 235 cm³/mol. The minimum absolute atomic E-state index is 0.196. The van der Waals surface area contributed by atoms with Crippen LogP contribution in [0.4, 0.5) is 0 Å². The summed E-state index contributed by atoms with van der Waals surface area (Å²) in [6.45, 7) is 0. The summed E-state index contributed by atoms with van der Waals surface area (Å²) in [5.41, 5.74) is -2.69. The molecule has 0 nitrogen and oxygen atoms in total. The summed E-state index contributed by atoms with van der Waals surface area (Å²) in [5, 5.41) is -4.93. The molecule has 2 aliphatic carbocycles. The van der Waals surface area contributed by atoms with Gasteiger partial charge in [0.15, 0.2) is 0 Å². The van der Waals surface area contributed by atoms with Crippen LogP contribution in [0.1, 0.15) is 57.9 Å². The van der Waals surface area contributed by atoms with Gasteiger partial charge in [0.05, 0.1) is 41.1 Å². The van der Waals surface area contributed by atoms with Gasteiger partial charge in [0, 0.05) is 12.1 Å². The van der Waals surface area contributed by atoms with Crippen LogP contribution in [0.15, 0.2) is 206 Å². The number of benzene rings is 8. The molecule has 10 rings (SSSR count). The average molecular weight is 775 g/mol. The molecule has 0 amide bonds. The Morgan fingerprint density at radius 2 is 0.660 bits per heavy atom. The minimum Gasteiger partial charge on any atom is -0.0826 e. The first-order valence-electron chi connectivity index (χ1n) is 28.9. The van der Waals surface area contributed by atoms with E-state index in [2.05, 4.69) is 0 Å². The van der Waals surface area contributed by atoms with Crippen molar-refractivity contribution in [1.29, 1.82) is 0 Å². The van der Waals surface area contributed by atoms with Crippen molar-refractivity contribution in [3.63, 3.8) is 0 Å². The first kappa shape index (κ1) is 15.4. The highest BCUT2D eigenvalue weighted by molar-refractivity contribution is 8.26. The molecule has 0 atom stereocenters. The second kappa shape index (κ2) is 12.6. The highest BCUT2D eigenvalue weighted by atomic mass is 32.4. The summed E-state index contributed by atoms with van der Waals surface area (Å²) in [5.74, 6) is 0. The van der Waals surface area contributed by atoms with E-state index in [0.29, 0.717) is 11.1 Å². The lowest BCUT2D eigenvalue weighted by Crippen LogP contribution is -2.30. The van der Waals surface area contributed by atoms with Crippen molar-refractivity contribution < 1.29 is 35.6 Å². The van der Waals surface area contributed by atoms with Crippen LogP contribution in [-0.2, 0) is 29.0 Å². The second-order valence-corrected chi connectivity index (χ2v) is 20.3. The van der Waals surface area contributed by atoms with E-state index in [9.17, 15) is 19.2 Å². The smallest absolute Gasteiger partial charge is 0.0726 e. The lowest BCUT2D eigenvalue weighted by Gasteiger charge is -2.33. The monoisotopic (exact) mass is 774 g/mol. The van der Waals surface area contributed by atoms with Gasteiger partial charge < -0.3 is 0 Å². The van der Waals surface area contributed by atoms with Crippen molar-refractivity contribution in [1.82, 2.24) is 0 Å². The van der Waals surface area contributed by atoms with Crippen LogP contribution in [0.2, 0.25) is 0 Å². The van der Waals surface area contributed by atoms with Gasteiger partial charge in [0.2, 0.25) is 0 Å². The van der Waals surface area contributed by atoms with E-state index in [4.69, 9.17) is 40.1 Å². The van der Waals surface area contributed by atoms with Crippen LogP contribution >= 0.6 is 12.1 Å². The topological polar surface area (TPSA) is 0 Å². The summed E-state index contributed by atoms with van der Waals surface area (Å²) < 4.78 is 240. The Labute approximate surface area is 358 Å². The molecule has 8 aromatic carbocycles. The van der Waals surface area contributed by atoms with E-state index in [1.807, 2.05) is 0 Å². The van der Waals surface area contributed by atoms with Crippen LogP contribution in [0, 0.1) is 0 Å². The summed E-state index contributed by atoms with van der Waals surface area (Å²) in [6, 6.07) is -22.5. The molecule has 0 aromatic heterocycles. The van der Waals surface area contributed by atoms with Crippen LogP contribution in [0.3, 0.4) is 0 Å². The molecular formula is C49H34P2S2. The molecule has 0 N–H and O–H groups in total. The lowest BCUT2D eigenvalue weighted by molar-refractivity contribution is 0.795. The molecule has 0 fully saturated rings. The quantitative estimate of drug-likeness (QED) is 0.155. The maximum absolute atomic E-state index is 10.7. The van der Waals surface area contributed by atoms with Crippen molar-refractivity contribution in [2.45, 2.75) is 5.41 Å². The Morgan fingerprint density at radius 3 is 1.00 bits per heavy atom. The molecule has 0 aliphatic heterocycles. The molecule has 252 valence electrons. The van der Waals surface area contributed by atoms with E-state index in [1.54, 1.807) is 48.5 Å². The molecule has 0 saturated carbocycles. The highest BCUT2D eigenvalue weighted by Gasteiger charge is 2.52. The molecule has 0 bridgehead atoms. The standard InChI is InChI=1S/C49H34P2S2/c52-50(35-17-5-1-6-18-35,36-19-7-2-8-20-36)39-29-31-43-44-32-30-40(51(53,37-21-9-3-10-22-37)38-23-11-4-12-24-38)34-48(44)49(47(43)33-39)45-27-15-13-25-41(45)42-26-14-16-28-46(42)49/h1-34H/i1D,2D,3D,4D,5D,6D,7D,8D,9D,10D,11D,12D,17D,18D,19D,20D,21D,22D,23D,24D,29D,30D,31D,32D,33D,34D. The fourth-order valence-corrected chi connectivity index (χ4v) is 12.9. The minimum atomic E-state index is -5.11. The Bertz CT molecular complexity index is 3780. The number of hydrogen-bond donors (Lipinski definition) is 0. The van der Waals surface area contributed by atoms with E-state index in [-0.39, 0.29) is 22.3 Å². The van der Waals surface area contributed by atoms with Crippen LogP contribution < -0.4 is 31.8 Å². The Hall–Kier alpha value is -4.94. The second-order valence-electron chi connectivity index (χ2n) is 11.9. The zero-order chi connectivity index (χ0) is 58.3. The van der Waals surface area contributed by atoms with Gasteiger partial charge in [-0.15, -0.1) is 0 Å². The third-order valence-corrected chi connectivity index (χ3v) is 17.8. The van der Waals surface area contributed by atoms with Crippen molar-refractivity contribution in [3.05, 3.63) is 228 Å². The van der Waals surface area contributed by atoms with Gasteiger partial charge in [0.25, 0.3) is 0 Å². The largest absolute Gasteiger partial charge is 0.0826 e. The van der Waals surface area contributed by atoms with Gasteiger partial charge in [-0.05, 0) is 88.4 Å². The van der Waals surface area contributed by atoms with Gasteiger partial charge in [-0.2, -0.15) is 0 Å². The third-order valence-electron chi connectivity index (χ3n) is 9.39. The molecule has 4 heteroatoms. The molecule has 0 saturated heterocycles. The van der Waals surface area contributed by atoms with Gasteiger partial charge in [-0.25, -0.2) is 0 Å². The number of rotatable bonds is 6. The molecular weight excluding hydrogens is 715 g/mol. The molecule has 0 radical (unpaired) electrons. The normalized spacial score (nSPS) is 20.5. The molecule has 1 spiro atoms. The van der Waals surface area contributed by atoms with Crippen molar-refractivity contribution in [2.24, 2.45) is 0 Å². The summed E-state index contributed by atoms with van der Waals surface area (Å²) in [7, 11) is 0. The fourth-order valence-electron chi connectivity index (χ4n) is 7.22. The Morgan fingerprint density at radius 1 is 0.340 bits per heavy atom. The van der Waals surface area contributed by atoms with E-state index in [1.165, 1.54) is 0 Å². The SMILES string of the molecule is [2H]c1c([2H])c([2H])c(P(=S)(c2c([2H])c([2H])c([2H])c([2H])c2[2H])c2c([2H])c([2H])c3c(c2[2H])C2(c4ccccc4-c4ccccc42)c2c([2H])c(P(=S)(c4c([2H])c([2H])c([2H])c([2H])c4[2H])c4c([2H])c([2H])c([2H])c([2H])c4[2H])c([2H])c([2H])c2-3)c([2H])c1[2H]. The lowest BCUT2D eigenvalue weighted by atomic mass is 9.70. The first-order chi connectivity index (χ1) is 36.9. The van der Waals surface area contributed by atoms with Crippen LogP contribution in [-0.4, -0.2) is 0 Å². The van der Waals surface area contributed by atoms with Gasteiger partial charge in [0.1, 0.15) is 0 Å². The molecule has 0 heterocycles. The van der Waals surface area contributed by atoms with Gasteiger partial charge >= 0.3 is 0 Å².